The second-order valence-corrected chi connectivity index (χ2v) is 3.61. The molecule has 2 nitrogen and oxygen atoms in total. The zero-order chi connectivity index (χ0) is 10.1. The van der Waals surface area contributed by atoms with Gasteiger partial charge in [-0.25, -0.2) is 0 Å². The molecule has 0 amide bonds. The lowest BCUT2D eigenvalue weighted by molar-refractivity contribution is -0.181. The molecule has 0 aromatic rings. The highest BCUT2D eigenvalue weighted by Crippen LogP contribution is 2.26. The molecule has 1 rings (SSSR count). The first-order valence-corrected chi connectivity index (χ1v) is 4.47. The first-order valence-electron chi connectivity index (χ1n) is 4.47. The lowest BCUT2D eigenvalue weighted by atomic mass is 10.0. The van der Waals surface area contributed by atoms with Crippen LogP contribution in [0.4, 0.5) is 13.2 Å². The Bertz CT molecular complexity index is 169. The van der Waals surface area contributed by atoms with Crippen LogP contribution < -0.4 is 5.73 Å². The Labute approximate surface area is 75.9 Å². The van der Waals surface area contributed by atoms with Crippen molar-refractivity contribution in [1.82, 2.24) is 4.90 Å². The van der Waals surface area contributed by atoms with Gasteiger partial charge in [-0.3, -0.25) is 4.90 Å². The molecule has 0 aliphatic carbocycles. The number of likely N-dealkylation sites (tertiary alicyclic amines) is 1. The molecule has 13 heavy (non-hydrogen) atoms. The van der Waals surface area contributed by atoms with Gasteiger partial charge in [0.2, 0.25) is 0 Å². The van der Waals surface area contributed by atoms with Crippen LogP contribution in [0.1, 0.15) is 19.8 Å². The van der Waals surface area contributed by atoms with Crippen LogP contribution in [0.15, 0.2) is 0 Å². The number of hydrogen-bond acceptors (Lipinski definition) is 2. The van der Waals surface area contributed by atoms with Crippen LogP contribution in [0.2, 0.25) is 0 Å². The molecule has 1 aliphatic heterocycles. The molecule has 0 spiro atoms. The van der Waals surface area contributed by atoms with Crippen LogP contribution in [-0.4, -0.2) is 36.2 Å². The molecular formula is C8H15F3N2. The topological polar surface area (TPSA) is 29.3 Å². The fourth-order valence-corrected chi connectivity index (χ4v) is 1.60. The summed E-state index contributed by atoms with van der Waals surface area (Å²) in [4.78, 5) is 1.41. The highest BCUT2D eigenvalue weighted by Gasteiger charge is 2.40. The van der Waals surface area contributed by atoms with Gasteiger partial charge in [-0.15, -0.1) is 0 Å². The van der Waals surface area contributed by atoms with Crippen molar-refractivity contribution in [3.63, 3.8) is 0 Å². The monoisotopic (exact) mass is 196 g/mol. The molecule has 5 heteroatoms. The standard InChI is InChI=1S/C8H15F3N2/c1-6(8(9,10)11)13-4-2-3-7(12)5-13/h6-7H,2-5,12H2,1H3. The van der Waals surface area contributed by atoms with Gasteiger partial charge < -0.3 is 5.73 Å². The van der Waals surface area contributed by atoms with Crippen molar-refractivity contribution in [2.24, 2.45) is 5.73 Å². The van der Waals surface area contributed by atoms with Gasteiger partial charge in [0.15, 0.2) is 0 Å². The van der Waals surface area contributed by atoms with Gasteiger partial charge in [-0.2, -0.15) is 13.2 Å². The number of rotatable bonds is 1. The third-order valence-corrected chi connectivity index (χ3v) is 2.51. The Hall–Kier alpha value is -0.290. The molecule has 1 heterocycles. The van der Waals surface area contributed by atoms with Gasteiger partial charge >= 0.3 is 6.18 Å². The Morgan fingerprint density at radius 3 is 2.54 bits per heavy atom. The Kier molecular flexibility index (Phi) is 3.18. The summed E-state index contributed by atoms with van der Waals surface area (Å²) in [5, 5.41) is 0. The summed E-state index contributed by atoms with van der Waals surface area (Å²) >= 11 is 0. The number of hydrogen-bond donors (Lipinski definition) is 1. The lowest BCUT2D eigenvalue weighted by Gasteiger charge is -2.36. The van der Waals surface area contributed by atoms with E-state index in [1.165, 1.54) is 11.8 Å². The summed E-state index contributed by atoms with van der Waals surface area (Å²) in [7, 11) is 0. The predicted octanol–water partition coefficient (Wildman–Crippen LogP) is 1.36. The Morgan fingerprint density at radius 1 is 1.46 bits per heavy atom. The summed E-state index contributed by atoms with van der Waals surface area (Å²) in [5.74, 6) is 0. The number of alkyl halides is 3. The minimum absolute atomic E-state index is 0.0986. The molecule has 0 saturated carbocycles. The molecule has 78 valence electrons. The molecule has 2 unspecified atom stereocenters. The molecule has 0 radical (unpaired) electrons. The Morgan fingerprint density at radius 2 is 2.08 bits per heavy atom. The van der Waals surface area contributed by atoms with Crippen LogP contribution in [0.5, 0.6) is 0 Å². The van der Waals surface area contributed by atoms with Crippen molar-refractivity contribution in [2.75, 3.05) is 13.1 Å². The van der Waals surface area contributed by atoms with E-state index in [0.29, 0.717) is 13.1 Å². The van der Waals surface area contributed by atoms with E-state index in [4.69, 9.17) is 5.73 Å². The zero-order valence-corrected chi connectivity index (χ0v) is 7.64. The number of piperidine rings is 1. The first-order chi connectivity index (χ1) is 5.91. The minimum Gasteiger partial charge on any atom is -0.327 e. The summed E-state index contributed by atoms with van der Waals surface area (Å²) in [6.07, 6.45) is -2.53. The minimum atomic E-state index is -4.13. The molecule has 0 aromatic carbocycles. The van der Waals surface area contributed by atoms with E-state index in [1.807, 2.05) is 0 Å². The normalized spacial score (nSPS) is 28.8. The largest absolute Gasteiger partial charge is 0.403 e. The maximum Gasteiger partial charge on any atom is 0.403 e. The molecular weight excluding hydrogens is 181 g/mol. The van der Waals surface area contributed by atoms with E-state index in [9.17, 15) is 13.2 Å². The zero-order valence-electron chi connectivity index (χ0n) is 7.64. The highest BCUT2D eigenvalue weighted by atomic mass is 19.4. The summed E-state index contributed by atoms with van der Waals surface area (Å²) in [6, 6.07) is -1.46. The molecule has 0 aromatic heterocycles. The van der Waals surface area contributed by atoms with Crippen molar-refractivity contribution >= 4 is 0 Å². The van der Waals surface area contributed by atoms with Gasteiger partial charge in [0.05, 0.1) is 0 Å². The van der Waals surface area contributed by atoms with E-state index < -0.39 is 12.2 Å². The molecule has 2 atom stereocenters. The first kappa shape index (κ1) is 10.8. The second kappa shape index (κ2) is 3.84. The van der Waals surface area contributed by atoms with E-state index in [2.05, 4.69) is 0 Å². The fraction of sp³-hybridized carbons (Fsp3) is 1.00. The van der Waals surface area contributed by atoms with Crippen LogP contribution >= 0.6 is 0 Å². The van der Waals surface area contributed by atoms with Crippen molar-refractivity contribution in [2.45, 2.75) is 38.0 Å². The van der Waals surface area contributed by atoms with Crippen LogP contribution in [0, 0.1) is 0 Å². The second-order valence-electron chi connectivity index (χ2n) is 3.61. The van der Waals surface area contributed by atoms with Gasteiger partial charge in [-0.05, 0) is 26.3 Å². The van der Waals surface area contributed by atoms with E-state index >= 15 is 0 Å². The number of halogens is 3. The van der Waals surface area contributed by atoms with Crippen molar-refractivity contribution in [1.29, 1.82) is 0 Å². The van der Waals surface area contributed by atoms with Gasteiger partial charge in [0.25, 0.3) is 0 Å². The van der Waals surface area contributed by atoms with Crippen molar-refractivity contribution < 1.29 is 13.2 Å². The average Bonchev–Trinajstić information content (AvgIpc) is 2.01. The SMILES string of the molecule is CC(N1CCCC(N)C1)C(F)(F)F. The molecule has 1 saturated heterocycles. The molecule has 1 fully saturated rings. The highest BCUT2D eigenvalue weighted by molar-refractivity contribution is 4.82. The van der Waals surface area contributed by atoms with Crippen molar-refractivity contribution in [3.8, 4) is 0 Å². The number of nitrogens with two attached hydrogens (primary N) is 1. The smallest absolute Gasteiger partial charge is 0.327 e. The van der Waals surface area contributed by atoms with Crippen LogP contribution in [0.25, 0.3) is 0 Å². The molecule has 2 N–H and O–H groups in total. The fourth-order valence-electron chi connectivity index (χ4n) is 1.60. The van der Waals surface area contributed by atoms with E-state index in [-0.39, 0.29) is 6.04 Å². The third-order valence-electron chi connectivity index (χ3n) is 2.51. The van der Waals surface area contributed by atoms with Crippen LogP contribution in [0.3, 0.4) is 0 Å². The Balaban J connectivity index is 2.51. The predicted molar refractivity (Wildman–Crippen MR) is 44.3 cm³/mol. The van der Waals surface area contributed by atoms with Gasteiger partial charge in [-0.1, -0.05) is 0 Å². The maximum atomic E-state index is 12.3. The van der Waals surface area contributed by atoms with Gasteiger partial charge in [0.1, 0.15) is 6.04 Å². The quantitative estimate of drug-likeness (QED) is 0.686. The van der Waals surface area contributed by atoms with E-state index in [1.54, 1.807) is 0 Å². The molecule has 0 bridgehead atoms. The summed E-state index contributed by atoms with van der Waals surface area (Å²) in [5.41, 5.74) is 5.60. The lowest BCUT2D eigenvalue weighted by Crippen LogP contribution is -2.51. The molecule has 1 aliphatic rings. The summed E-state index contributed by atoms with van der Waals surface area (Å²) < 4.78 is 36.8. The van der Waals surface area contributed by atoms with E-state index in [0.717, 1.165) is 12.8 Å². The van der Waals surface area contributed by atoms with Crippen LogP contribution in [-0.2, 0) is 0 Å². The maximum absolute atomic E-state index is 12.3. The average molecular weight is 196 g/mol. The van der Waals surface area contributed by atoms with Crippen molar-refractivity contribution in [3.05, 3.63) is 0 Å². The van der Waals surface area contributed by atoms with Gasteiger partial charge in [0, 0.05) is 12.6 Å². The third kappa shape index (κ3) is 2.84. The number of nitrogens with zero attached hydrogens (tertiary/aromatic N) is 1. The summed E-state index contributed by atoms with van der Waals surface area (Å²) in [6.45, 7) is 2.06.